The van der Waals surface area contributed by atoms with Gasteiger partial charge in [0.2, 0.25) is 18.6 Å². The predicted molar refractivity (Wildman–Crippen MR) is 122 cm³/mol. The molecule has 0 radical (unpaired) electrons. The van der Waals surface area contributed by atoms with Gasteiger partial charge in [-0.2, -0.15) is 0 Å². The van der Waals surface area contributed by atoms with Gasteiger partial charge >= 0.3 is 0 Å². The molecule has 5 rings (SSSR count). The van der Waals surface area contributed by atoms with Gasteiger partial charge in [0, 0.05) is 41.7 Å². The van der Waals surface area contributed by atoms with E-state index < -0.39 is 5.92 Å². The molecule has 3 aromatic carbocycles. The number of fused-ring (bicyclic) bond motifs is 1. The molecule has 0 spiro atoms. The van der Waals surface area contributed by atoms with Gasteiger partial charge in [-0.15, -0.1) is 0 Å². The van der Waals surface area contributed by atoms with Crippen molar-refractivity contribution in [1.29, 1.82) is 0 Å². The Morgan fingerprint density at radius 3 is 2.42 bits per heavy atom. The Bertz CT molecular complexity index is 1230. The van der Waals surface area contributed by atoms with Gasteiger partial charge in [-0.25, -0.2) is 0 Å². The van der Waals surface area contributed by atoms with Gasteiger partial charge in [0.05, 0.1) is 5.92 Å². The van der Waals surface area contributed by atoms with Gasteiger partial charge in [-0.3, -0.25) is 14.4 Å². The summed E-state index contributed by atoms with van der Waals surface area (Å²) >= 11 is 0. The summed E-state index contributed by atoms with van der Waals surface area (Å²) in [6, 6.07) is 21.1. The number of hydrogen-bond donors (Lipinski definition) is 2. The lowest BCUT2D eigenvalue weighted by atomic mass is 10.1. The number of nitrogens with one attached hydrogen (secondary N) is 2. The first-order valence-electron chi connectivity index (χ1n) is 10.5. The van der Waals surface area contributed by atoms with E-state index in [1.807, 2.05) is 6.07 Å². The highest BCUT2D eigenvalue weighted by atomic mass is 16.7. The number of carbonyl (C=O) groups excluding carboxylic acids is 3. The van der Waals surface area contributed by atoms with Crippen LogP contribution in [0.4, 0.5) is 17.1 Å². The summed E-state index contributed by atoms with van der Waals surface area (Å²) in [7, 11) is 0. The molecule has 3 amide bonds. The topological polar surface area (TPSA) is 97.0 Å². The molecule has 3 aromatic rings. The average molecular weight is 443 g/mol. The van der Waals surface area contributed by atoms with E-state index in [2.05, 4.69) is 10.6 Å². The van der Waals surface area contributed by atoms with Gasteiger partial charge in [0.1, 0.15) is 0 Å². The van der Waals surface area contributed by atoms with Gasteiger partial charge in [-0.05, 0) is 42.5 Å². The summed E-state index contributed by atoms with van der Waals surface area (Å²) in [6.07, 6.45) is 0.116. The maximum absolute atomic E-state index is 12.9. The van der Waals surface area contributed by atoms with Crippen LogP contribution in [-0.4, -0.2) is 31.1 Å². The zero-order chi connectivity index (χ0) is 22.8. The van der Waals surface area contributed by atoms with E-state index in [1.165, 1.54) is 0 Å². The molecule has 2 N–H and O–H groups in total. The number of benzene rings is 3. The largest absolute Gasteiger partial charge is 0.454 e. The second-order valence-corrected chi connectivity index (χ2v) is 7.83. The molecule has 2 aliphatic heterocycles. The number of hydrogen-bond acceptors (Lipinski definition) is 5. The van der Waals surface area contributed by atoms with Crippen LogP contribution >= 0.6 is 0 Å². The van der Waals surface area contributed by atoms with Gasteiger partial charge in [0.25, 0.3) is 5.91 Å². The molecule has 1 unspecified atom stereocenters. The number of ether oxygens (including phenoxy) is 2. The van der Waals surface area contributed by atoms with Gasteiger partial charge in [0.15, 0.2) is 11.5 Å². The SMILES string of the molecule is O=C(Nc1cccc(NC(=O)C2CC(=O)N(c3ccc4c(c3)OCO4)C2)c1)c1ccccc1. The molecule has 2 aliphatic rings. The first-order chi connectivity index (χ1) is 16.1. The van der Waals surface area contributed by atoms with Gasteiger partial charge < -0.3 is 25.0 Å². The van der Waals surface area contributed by atoms with Crippen LogP contribution in [-0.2, 0) is 9.59 Å². The minimum absolute atomic E-state index is 0.116. The number of amides is 3. The van der Waals surface area contributed by atoms with Crippen molar-refractivity contribution in [3.05, 3.63) is 78.4 Å². The van der Waals surface area contributed by atoms with Crippen molar-refractivity contribution < 1.29 is 23.9 Å². The zero-order valence-electron chi connectivity index (χ0n) is 17.6. The van der Waals surface area contributed by atoms with Crippen LogP contribution in [0.5, 0.6) is 11.5 Å². The third kappa shape index (κ3) is 4.36. The Morgan fingerprint density at radius 2 is 1.61 bits per heavy atom. The molecule has 33 heavy (non-hydrogen) atoms. The number of anilines is 3. The maximum atomic E-state index is 12.9. The molecule has 2 heterocycles. The highest BCUT2D eigenvalue weighted by Crippen LogP contribution is 2.37. The quantitative estimate of drug-likeness (QED) is 0.627. The number of carbonyl (C=O) groups is 3. The summed E-state index contributed by atoms with van der Waals surface area (Å²) < 4.78 is 10.7. The van der Waals surface area contributed by atoms with Crippen molar-refractivity contribution in [2.45, 2.75) is 6.42 Å². The standard InChI is InChI=1S/C25H21N3O5/c29-23-11-17(14-28(23)20-9-10-21-22(13-20)33-15-32-21)25(31)27-19-8-4-7-18(12-19)26-24(30)16-5-2-1-3-6-16/h1-10,12-13,17H,11,14-15H2,(H,26,30)(H,27,31). The van der Waals surface area contributed by atoms with Crippen LogP contribution in [0, 0.1) is 5.92 Å². The lowest BCUT2D eigenvalue weighted by molar-refractivity contribution is -0.122. The van der Waals surface area contributed by atoms with E-state index in [9.17, 15) is 14.4 Å². The summed E-state index contributed by atoms with van der Waals surface area (Å²) in [5.41, 5.74) is 2.32. The third-order valence-electron chi connectivity index (χ3n) is 5.59. The monoisotopic (exact) mass is 443 g/mol. The Kier molecular flexibility index (Phi) is 5.40. The normalized spacial score (nSPS) is 16.5. The van der Waals surface area contributed by atoms with Crippen LogP contribution in [0.2, 0.25) is 0 Å². The third-order valence-corrected chi connectivity index (χ3v) is 5.59. The summed E-state index contributed by atoms with van der Waals surface area (Å²) in [6.45, 7) is 0.428. The molecule has 166 valence electrons. The van der Waals surface area contributed by atoms with Crippen LogP contribution in [0.1, 0.15) is 16.8 Å². The molecule has 8 heteroatoms. The predicted octanol–water partition coefficient (Wildman–Crippen LogP) is 3.66. The molecule has 1 saturated heterocycles. The molecule has 8 nitrogen and oxygen atoms in total. The molecular formula is C25H21N3O5. The molecule has 1 fully saturated rings. The zero-order valence-corrected chi connectivity index (χ0v) is 17.6. The fourth-order valence-corrected chi connectivity index (χ4v) is 3.90. The highest BCUT2D eigenvalue weighted by molar-refractivity contribution is 6.05. The highest BCUT2D eigenvalue weighted by Gasteiger charge is 2.35. The Balaban J connectivity index is 1.23. The maximum Gasteiger partial charge on any atom is 0.255 e. The fraction of sp³-hybridized carbons (Fsp3) is 0.160. The van der Waals surface area contributed by atoms with E-state index in [0.29, 0.717) is 34.1 Å². The Hall–Kier alpha value is -4.33. The van der Waals surface area contributed by atoms with Crippen molar-refractivity contribution in [2.24, 2.45) is 5.92 Å². The second kappa shape index (κ2) is 8.66. The lowest BCUT2D eigenvalue weighted by Crippen LogP contribution is -2.28. The van der Waals surface area contributed by atoms with Crippen molar-refractivity contribution in [3.8, 4) is 11.5 Å². The molecule has 0 saturated carbocycles. The average Bonchev–Trinajstić information content (AvgIpc) is 3.46. The second-order valence-electron chi connectivity index (χ2n) is 7.83. The fourth-order valence-electron chi connectivity index (χ4n) is 3.90. The Labute approximate surface area is 190 Å². The minimum atomic E-state index is -0.495. The number of rotatable bonds is 5. The molecule has 1 atom stereocenters. The first-order valence-corrected chi connectivity index (χ1v) is 10.5. The van der Waals surface area contributed by atoms with Crippen molar-refractivity contribution in [3.63, 3.8) is 0 Å². The van der Waals surface area contributed by atoms with Gasteiger partial charge in [-0.1, -0.05) is 24.3 Å². The molecule has 0 bridgehead atoms. The van der Waals surface area contributed by atoms with Crippen LogP contribution in [0.25, 0.3) is 0 Å². The lowest BCUT2D eigenvalue weighted by Gasteiger charge is -2.17. The van der Waals surface area contributed by atoms with Crippen LogP contribution in [0.15, 0.2) is 72.8 Å². The van der Waals surface area contributed by atoms with Crippen molar-refractivity contribution in [1.82, 2.24) is 0 Å². The summed E-state index contributed by atoms with van der Waals surface area (Å²) in [5.74, 6) is 0.114. The van der Waals surface area contributed by atoms with Crippen LogP contribution in [0.3, 0.4) is 0 Å². The first kappa shape index (κ1) is 20.6. The van der Waals surface area contributed by atoms with E-state index >= 15 is 0 Å². The minimum Gasteiger partial charge on any atom is -0.454 e. The number of nitrogens with zero attached hydrogens (tertiary/aromatic N) is 1. The summed E-state index contributed by atoms with van der Waals surface area (Å²) in [4.78, 5) is 39.4. The van der Waals surface area contributed by atoms with E-state index in [4.69, 9.17) is 9.47 Å². The Morgan fingerprint density at radius 1 is 0.848 bits per heavy atom. The van der Waals surface area contributed by atoms with Crippen LogP contribution < -0.4 is 25.0 Å². The smallest absolute Gasteiger partial charge is 0.255 e. The molecular weight excluding hydrogens is 422 g/mol. The summed E-state index contributed by atoms with van der Waals surface area (Å²) in [5, 5.41) is 5.68. The molecule has 0 aliphatic carbocycles. The molecule has 0 aromatic heterocycles. The van der Waals surface area contributed by atoms with Crippen molar-refractivity contribution >= 4 is 34.8 Å². The van der Waals surface area contributed by atoms with E-state index in [0.717, 1.165) is 0 Å². The van der Waals surface area contributed by atoms with E-state index in [1.54, 1.807) is 71.6 Å². The van der Waals surface area contributed by atoms with Crippen molar-refractivity contribution in [2.75, 3.05) is 28.9 Å². The van der Waals surface area contributed by atoms with E-state index in [-0.39, 0.29) is 37.5 Å².